The number of terminal acetylenes is 1. The second-order valence-electron chi connectivity index (χ2n) is 3.74. The van der Waals surface area contributed by atoms with Crippen LogP contribution in [0.3, 0.4) is 0 Å². The fourth-order valence-electron chi connectivity index (χ4n) is 1.44. The molecule has 0 saturated carbocycles. The molecular formula is C12H15N3O2. The number of rotatable bonds is 5. The summed E-state index contributed by atoms with van der Waals surface area (Å²) in [6.07, 6.45) is 6.55. The Bertz CT molecular complexity index is 452. The lowest BCUT2D eigenvalue weighted by Gasteiger charge is -2.15. The Hall–Kier alpha value is -2.09. The molecule has 0 radical (unpaired) electrons. The maximum absolute atomic E-state index is 10.8. The van der Waals surface area contributed by atoms with E-state index in [0.717, 1.165) is 12.1 Å². The van der Waals surface area contributed by atoms with Crippen LogP contribution in [0.2, 0.25) is 0 Å². The Labute approximate surface area is 100 Å². The van der Waals surface area contributed by atoms with Crippen molar-refractivity contribution in [1.82, 2.24) is 4.98 Å². The lowest BCUT2D eigenvalue weighted by atomic mass is 10.1. The zero-order chi connectivity index (χ0) is 12.8. The third-order valence-electron chi connectivity index (χ3n) is 2.41. The molecule has 1 aromatic rings. The van der Waals surface area contributed by atoms with E-state index >= 15 is 0 Å². The summed E-state index contributed by atoms with van der Waals surface area (Å²) in [5.41, 5.74) is 0.708. The van der Waals surface area contributed by atoms with E-state index in [9.17, 15) is 10.1 Å². The molecule has 0 aromatic carbocycles. The van der Waals surface area contributed by atoms with Gasteiger partial charge in [-0.15, -0.1) is 12.3 Å². The molecule has 1 rings (SSSR count). The number of nitro groups is 1. The van der Waals surface area contributed by atoms with Crippen molar-refractivity contribution >= 4 is 11.5 Å². The van der Waals surface area contributed by atoms with Gasteiger partial charge in [0.2, 0.25) is 5.82 Å². The highest BCUT2D eigenvalue weighted by Gasteiger charge is 2.17. The fourth-order valence-corrected chi connectivity index (χ4v) is 1.44. The molecule has 0 aliphatic rings. The predicted molar refractivity (Wildman–Crippen MR) is 66.8 cm³/mol. The van der Waals surface area contributed by atoms with Crippen molar-refractivity contribution in [2.75, 3.05) is 5.32 Å². The quantitative estimate of drug-likeness (QED) is 0.482. The first-order valence-electron chi connectivity index (χ1n) is 5.40. The molecule has 0 aliphatic carbocycles. The summed E-state index contributed by atoms with van der Waals surface area (Å²) >= 11 is 0. The van der Waals surface area contributed by atoms with Gasteiger partial charge in [-0.1, -0.05) is 6.92 Å². The van der Waals surface area contributed by atoms with Crippen LogP contribution >= 0.6 is 0 Å². The first-order chi connectivity index (χ1) is 8.08. The molecule has 90 valence electrons. The first-order valence-corrected chi connectivity index (χ1v) is 5.40. The highest BCUT2D eigenvalue weighted by Crippen LogP contribution is 2.23. The van der Waals surface area contributed by atoms with E-state index in [-0.39, 0.29) is 17.5 Å². The molecule has 5 heteroatoms. The van der Waals surface area contributed by atoms with Crippen LogP contribution in [0.25, 0.3) is 0 Å². The third kappa shape index (κ3) is 3.45. The van der Waals surface area contributed by atoms with Crippen LogP contribution < -0.4 is 5.32 Å². The van der Waals surface area contributed by atoms with Crippen LogP contribution in [0.4, 0.5) is 11.5 Å². The van der Waals surface area contributed by atoms with Crippen molar-refractivity contribution in [3.63, 3.8) is 0 Å². The number of aromatic nitrogens is 1. The van der Waals surface area contributed by atoms with E-state index in [0.29, 0.717) is 6.42 Å². The number of nitrogens with zero attached hydrogens (tertiary/aromatic N) is 2. The van der Waals surface area contributed by atoms with Crippen LogP contribution in [0.1, 0.15) is 25.5 Å². The number of aryl methyl sites for hydroxylation is 1. The third-order valence-corrected chi connectivity index (χ3v) is 2.41. The molecular weight excluding hydrogens is 218 g/mol. The number of anilines is 1. The zero-order valence-corrected chi connectivity index (χ0v) is 9.93. The Kier molecular flexibility index (Phi) is 4.46. The van der Waals surface area contributed by atoms with Crippen molar-refractivity contribution in [3.8, 4) is 12.3 Å². The van der Waals surface area contributed by atoms with Crippen molar-refractivity contribution in [2.45, 2.75) is 32.7 Å². The molecule has 17 heavy (non-hydrogen) atoms. The minimum atomic E-state index is -0.447. The van der Waals surface area contributed by atoms with Gasteiger partial charge in [0.1, 0.15) is 0 Å². The smallest absolute Gasteiger partial charge is 0.311 e. The van der Waals surface area contributed by atoms with E-state index in [1.54, 1.807) is 13.0 Å². The summed E-state index contributed by atoms with van der Waals surface area (Å²) in [5.74, 6) is 2.83. The Morgan fingerprint density at radius 1 is 1.65 bits per heavy atom. The first kappa shape index (κ1) is 13.0. The lowest BCUT2D eigenvalue weighted by molar-refractivity contribution is -0.384. The fraction of sp³-hybridized carbons (Fsp3) is 0.417. The molecule has 0 aliphatic heterocycles. The van der Waals surface area contributed by atoms with E-state index in [2.05, 4.69) is 16.2 Å². The van der Waals surface area contributed by atoms with Crippen molar-refractivity contribution in [1.29, 1.82) is 0 Å². The summed E-state index contributed by atoms with van der Waals surface area (Å²) in [5, 5.41) is 13.9. The minimum absolute atomic E-state index is 0.00741. The number of nitrogens with one attached hydrogen (secondary N) is 1. The summed E-state index contributed by atoms with van der Waals surface area (Å²) in [6, 6.07) is 3.08. The predicted octanol–water partition coefficient (Wildman–Crippen LogP) is 2.51. The monoisotopic (exact) mass is 233 g/mol. The minimum Gasteiger partial charge on any atom is -0.361 e. The molecule has 1 atom stereocenters. The Morgan fingerprint density at radius 3 is 2.88 bits per heavy atom. The highest BCUT2D eigenvalue weighted by molar-refractivity contribution is 5.56. The van der Waals surface area contributed by atoms with E-state index in [1.165, 1.54) is 6.07 Å². The summed E-state index contributed by atoms with van der Waals surface area (Å²) in [6.45, 7) is 3.76. The van der Waals surface area contributed by atoms with Gasteiger partial charge in [0.25, 0.3) is 0 Å². The lowest BCUT2D eigenvalue weighted by Crippen LogP contribution is -2.19. The Morgan fingerprint density at radius 2 is 2.35 bits per heavy atom. The van der Waals surface area contributed by atoms with Gasteiger partial charge in [-0.2, -0.15) is 0 Å². The van der Waals surface area contributed by atoms with E-state index in [4.69, 9.17) is 6.42 Å². The molecule has 0 bridgehead atoms. The maximum Gasteiger partial charge on any atom is 0.311 e. The highest BCUT2D eigenvalue weighted by atomic mass is 16.6. The van der Waals surface area contributed by atoms with Gasteiger partial charge >= 0.3 is 5.69 Å². The molecule has 5 nitrogen and oxygen atoms in total. The average molecular weight is 233 g/mol. The van der Waals surface area contributed by atoms with Gasteiger partial charge in [-0.05, 0) is 19.4 Å². The van der Waals surface area contributed by atoms with Gasteiger partial charge in [0, 0.05) is 24.2 Å². The molecule has 0 spiro atoms. The number of pyridine rings is 1. The number of hydrogen-bond acceptors (Lipinski definition) is 4. The summed E-state index contributed by atoms with van der Waals surface area (Å²) < 4.78 is 0. The van der Waals surface area contributed by atoms with Crippen LogP contribution in [0.15, 0.2) is 12.1 Å². The molecule has 1 aromatic heterocycles. The molecule has 0 fully saturated rings. The second kappa shape index (κ2) is 5.85. The van der Waals surface area contributed by atoms with Gasteiger partial charge in [0.05, 0.1) is 4.92 Å². The van der Waals surface area contributed by atoms with Crippen LogP contribution in [-0.4, -0.2) is 15.9 Å². The summed E-state index contributed by atoms with van der Waals surface area (Å²) in [7, 11) is 0. The molecule has 1 N–H and O–H groups in total. The average Bonchev–Trinajstić information content (AvgIpc) is 2.28. The molecule has 1 heterocycles. The van der Waals surface area contributed by atoms with Gasteiger partial charge < -0.3 is 5.32 Å². The molecule has 1 unspecified atom stereocenters. The van der Waals surface area contributed by atoms with Crippen LogP contribution in [0, 0.1) is 29.4 Å². The normalized spacial score (nSPS) is 11.6. The van der Waals surface area contributed by atoms with Crippen molar-refractivity contribution in [2.24, 2.45) is 0 Å². The zero-order valence-electron chi connectivity index (χ0n) is 9.93. The number of hydrogen-bond donors (Lipinski definition) is 1. The van der Waals surface area contributed by atoms with Gasteiger partial charge in [0.15, 0.2) is 0 Å². The van der Waals surface area contributed by atoms with E-state index in [1.807, 2.05) is 6.92 Å². The topological polar surface area (TPSA) is 68.1 Å². The van der Waals surface area contributed by atoms with Crippen molar-refractivity contribution in [3.05, 3.63) is 27.9 Å². The van der Waals surface area contributed by atoms with Crippen LogP contribution in [0.5, 0.6) is 0 Å². The standard InChI is InChI=1S/C12H15N3O2/c1-4-6-10(5-2)14-12-11(15(16)17)8-7-9(3)13-12/h1,7-8,10H,5-6H2,2-3H3,(H,13,14). The molecule has 0 amide bonds. The second-order valence-corrected chi connectivity index (χ2v) is 3.74. The van der Waals surface area contributed by atoms with E-state index < -0.39 is 4.92 Å². The van der Waals surface area contributed by atoms with Crippen molar-refractivity contribution < 1.29 is 4.92 Å². The maximum atomic E-state index is 10.8. The van der Waals surface area contributed by atoms with Crippen LogP contribution in [-0.2, 0) is 0 Å². The summed E-state index contributed by atoms with van der Waals surface area (Å²) in [4.78, 5) is 14.5. The largest absolute Gasteiger partial charge is 0.361 e. The molecule has 0 saturated heterocycles. The Balaban J connectivity index is 2.99. The van der Waals surface area contributed by atoms with Gasteiger partial charge in [-0.3, -0.25) is 10.1 Å². The van der Waals surface area contributed by atoms with Gasteiger partial charge in [-0.25, -0.2) is 4.98 Å². The SMILES string of the molecule is C#CCC(CC)Nc1nc(C)ccc1[N+](=O)[O-].